The van der Waals surface area contributed by atoms with Gasteiger partial charge in [0.05, 0.1) is 6.10 Å². The molecule has 92 valence electrons. The van der Waals surface area contributed by atoms with Crippen LogP contribution in [0.3, 0.4) is 0 Å². The van der Waals surface area contributed by atoms with Gasteiger partial charge in [-0.05, 0) is 24.5 Å². The zero-order valence-corrected chi connectivity index (χ0v) is 10.5. The Hall–Kier alpha value is -0.960. The molecule has 0 radical (unpaired) electrons. The van der Waals surface area contributed by atoms with Crippen LogP contribution in [0.5, 0.6) is 0 Å². The fraction of sp³-hybridized carbons (Fsp3) is 0.692. The van der Waals surface area contributed by atoms with Crippen molar-refractivity contribution in [3.05, 3.63) is 11.6 Å². The van der Waals surface area contributed by atoms with Crippen LogP contribution in [0.15, 0.2) is 11.6 Å². The van der Waals surface area contributed by atoms with E-state index in [-0.39, 0.29) is 18.0 Å². The molecule has 0 aliphatic rings. The molecule has 0 amide bonds. The van der Waals surface area contributed by atoms with Crippen molar-refractivity contribution < 1.29 is 14.7 Å². The van der Waals surface area contributed by atoms with Crippen LogP contribution in [-0.4, -0.2) is 22.8 Å². The first-order valence-electron chi connectivity index (χ1n) is 5.98. The van der Waals surface area contributed by atoms with Gasteiger partial charge in [0.2, 0.25) is 0 Å². The maximum absolute atomic E-state index is 11.7. The lowest BCUT2D eigenvalue weighted by Crippen LogP contribution is -2.09. The lowest BCUT2D eigenvalue weighted by Gasteiger charge is -2.06. The van der Waals surface area contributed by atoms with E-state index in [0.717, 1.165) is 0 Å². The first kappa shape index (κ1) is 15.0. The first-order chi connectivity index (χ1) is 7.54. The Morgan fingerprint density at radius 1 is 1.12 bits per heavy atom. The Morgan fingerprint density at radius 3 is 2.19 bits per heavy atom. The smallest absolute Gasteiger partial charge is 0.159 e. The van der Waals surface area contributed by atoms with Gasteiger partial charge >= 0.3 is 0 Å². The third-order valence-corrected chi connectivity index (χ3v) is 2.58. The molecule has 0 aliphatic carbocycles. The van der Waals surface area contributed by atoms with Crippen molar-refractivity contribution >= 4 is 11.6 Å². The largest absolute Gasteiger partial charge is 0.389 e. The summed E-state index contributed by atoms with van der Waals surface area (Å²) in [5.41, 5.74) is 0.637. The third-order valence-electron chi connectivity index (χ3n) is 2.58. The number of aliphatic hydroxyl groups excluding tert-OH is 1. The predicted octanol–water partition coefficient (Wildman–Crippen LogP) is 2.42. The average molecular weight is 226 g/mol. The number of carbonyl (C=O) groups is 2. The van der Waals surface area contributed by atoms with E-state index in [2.05, 4.69) is 0 Å². The predicted molar refractivity (Wildman–Crippen MR) is 64.2 cm³/mol. The van der Waals surface area contributed by atoms with E-state index in [9.17, 15) is 14.7 Å². The molecule has 0 aromatic heterocycles. The van der Waals surface area contributed by atoms with Gasteiger partial charge in [-0.25, -0.2) is 0 Å². The molecule has 0 aliphatic heterocycles. The van der Waals surface area contributed by atoms with Crippen LogP contribution in [0.25, 0.3) is 0 Å². The Bertz CT molecular complexity index is 266. The van der Waals surface area contributed by atoms with Crippen molar-refractivity contribution in [1.82, 2.24) is 0 Å². The Balaban J connectivity index is 4.32. The molecular formula is C13H22O3. The molecule has 0 fully saturated rings. The highest BCUT2D eigenvalue weighted by Crippen LogP contribution is 2.10. The lowest BCUT2D eigenvalue weighted by molar-refractivity contribution is -0.122. The second-order valence-corrected chi connectivity index (χ2v) is 3.84. The third kappa shape index (κ3) is 5.81. The van der Waals surface area contributed by atoms with Crippen LogP contribution in [0.2, 0.25) is 0 Å². The van der Waals surface area contributed by atoms with Gasteiger partial charge in [-0.15, -0.1) is 0 Å². The maximum atomic E-state index is 11.7. The fourth-order valence-corrected chi connectivity index (χ4v) is 1.35. The number of allylic oxidation sites excluding steroid dienone is 1. The molecule has 1 N–H and O–H groups in total. The second kappa shape index (κ2) is 8.22. The monoisotopic (exact) mass is 226 g/mol. The van der Waals surface area contributed by atoms with E-state index in [1.54, 1.807) is 13.0 Å². The topological polar surface area (TPSA) is 54.4 Å². The molecule has 0 heterocycles. The fourth-order valence-electron chi connectivity index (χ4n) is 1.35. The lowest BCUT2D eigenvalue weighted by atomic mass is 10.0. The molecule has 0 spiro atoms. The van der Waals surface area contributed by atoms with Crippen molar-refractivity contribution in [2.75, 3.05) is 0 Å². The highest BCUT2D eigenvalue weighted by molar-refractivity contribution is 5.97. The SMILES string of the molecule is CCC(=O)CCC(=O)C(=CC(O)CC)CC. The summed E-state index contributed by atoms with van der Waals surface area (Å²) < 4.78 is 0. The molecule has 1 unspecified atom stereocenters. The van der Waals surface area contributed by atoms with Crippen LogP contribution in [-0.2, 0) is 9.59 Å². The van der Waals surface area contributed by atoms with Crippen molar-refractivity contribution in [3.8, 4) is 0 Å². The summed E-state index contributed by atoms with van der Waals surface area (Å²) >= 11 is 0. The Labute approximate surface area is 97.5 Å². The van der Waals surface area contributed by atoms with Gasteiger partial charge in [0, 0.05) is 19.3 Å². The minimum absolute atomic E-state index is 0.0169. The van der Waals surface area contributed by atoms with Crippen LogP contribution in [0.4, 0.5) is 0 Å². The average Bonchev–Trinajstić information content (AvgIpc) is 2.31. The number of carbonyl (C=O) groups excluding carboxylic acids is 2. The van der Waals surface area contributed by atoms with E-state index in [1.165, 1.54) is 0 Å². The summed E-state index contributed by atoms with van der Waals surface area (Å²) in [4.78, 5) is 22.8. The Morgan fingerprint density at radius 2 is 1.75 bits per heavy atom. The van der Waals surface area contributed by atoms with Gasteiger partial charge in [0.15, 0.2) is 5.78 Å². The van der Waals surface area contributed by atoms with Crippen molar-refractivity contribution in [2.24, 2.45) is 0 Å². The minimum atomic E-state index is -0.555. The zero-order valence-electron chi connectivity index (χ0n) is 10.5. The summed E-state index contributed by atoms with van der Waals surface area (Å²) in [5, 5.41) is 9.44. The summed E-state index contributed by atoms with van der Waals surface area (Å²) in [5.74, 6) is 0.0941. The van der Waals surface area contributed by atoms with Gasteiger partial charge in [0.1, 0.15) is 5.78 Å². The van der Waals surface area contributed by atoms with Crippen molar-refractivity contribution in [3.63, 3.8) is 0 Å². The molecule has 16 heavy (non-hydrogen) atoms. The van der Waals surface area contributed by atoms with Crippen LogP contribution in [0, 0.1) is 0 Å². The van der Waals surface area contributed by atoms with Gasteiger partial charge in [0.25, 0.3) is 0 Å². The number of aliphatic hydroxyl groups is 1. The molecule has 0 bridgehead atoms. The summed E-state index contributed by atoms with van der Waals surface area (Å²) in [7, 11) is 0. The van der Waals surface area contributed by atoms with Gasteiger partial charge in [-0.2, -0.15) is 0 Å². The summed E-state index contributed by atoms with van der Waals surface area (Å²) in [6, 6.07) is 0. The van der Waals surface area contributed by atoms with E-state index in [0.29, 0.717) is 31.3 Å². The highest BCUT2D eigenvalue weighted by Gasteiger charge is 2.11. The second-order valence-electron chi connectivity index (χ2n) is 3.84. The van der Waals surface area contributed by atoms with E-state index in [1.807, 2.05) is 13.8 Å². The minimum Gasteiger partial charge on any atom is -0.389 e. The highest BCUT2D eigenvalue weighted by atomic mass is 16.3. The van der Waals surface area contributed by atoms with E-state index >= 15 is 0 Å². The molecule has 0 saturated carbocycles. The molecule has 0 saturated heterocycles. The number of Topliss-reactive ketones (excluding diaryl/α,β-unsaturated/α-hetero) is 2. The van der Waals surface area contributed by atoms with Crippen molar-refractivity contribution in [1.29, 1.82) is 0 Å². The zero-order chi connectivity index (χ0) is 12.6. The number of rotatable bonds is 8. The molecule has 1 atom stereocenters. The van der Waals surface area contributed by atoms with Crippen LogP contribution < -0.4 is 0 Å². The molecular weight excluding hydrogens is 204 g/mol. The van der Waals surface area contributed by atoms with Crippen LogP contribution in [0.1, 0.15) is 52.9 Å². The molecule has 3 nitrogen and oxygen atoms in total. The number of hydrogen-bond donors (Lipinski definition) is 1. The molecule has 0 aromatic carbocycles. The number of ketones is 2. The molecule has 0 rings (SSSR count). The first-order valence-corrected chi connectivity index (χ1v) is 5.98. The molecule has 3 heteroatoms. The van der Waals surface area contributed by atoms with Crippen molar-refractivity contribution in [2.45, 2.75) is 59.0 Å². The van der Waals surface area contributed by atoms with E-state index in [4.69, 9.17) is 0 Å². The molecule has 0 aromatic rings. The van der Waals surface area contributed by atoms with Gasteiger partial charge < -0.3 is 5.11 Å². The van der Waals surface area contributed by atoms with E-state index < -0.39 is 6.10 Å². The summed E-state index contributed by atoms with van der Waals surface area (Å²) in [6.45, 7) is 5.54. The maximum Gasteiger partial charge on any atom is 0.159 e. The standard InChI is InChI=1S/C13H22O3/c1-4-10(9-12(15)6-3)13(16)8-7-11(14)5-2/h9,12,15H,4-8H2,1-3H3. The van der Waals surface area contributed by atoms with Crippen LogP contribution >= 0.6 is 0 Å². The quantitative estimate of drug-likeness (QED) is 0.647. The van der Waals surface area contributed by atoms with Gasteiger partial charge in [-0.1, -0.05) is 20.8 Å². The van der Waals surface area contributed by atoms with Gasteiger partial charge in [-0.3, -0.25) is 9.59 Å². The number of hydrogen-bond acceptors (Lipinski definition) is 3. The summed E-state index contributed by atoms with van der Waals surface area (Å²) in [6.07, 6.45) is 3.33. The Kier molecular flexibility index (Phi) is 7.73. The normalized spacial score (nSPS) is 13.6.